The maximum atomic E-state index is 13.6. The number of amides is 4. The molecular formula is C31H36FN5O3. The van der Waals surface area contributed by atoms with Crippen LogP contribution in [0.5, 0.6) is 0 Å². The first-order chi connectivity index (χ1) is 19.3. The molecule has 3 aromatic rings. The normalized spacial score (nSPS) is 13.4. The van der Waals surface area contributed by atoms with Crippen LogP contribution in [-0.2, 0) is 0 Å². The van der Waals surface area contributed by atoms with E-state index in [1.807, 2.05) is 51.1 Å². The molecule has 1 aliphatic heterocycles. The van der Waals surface area contributed by atoms with Gasteiger partial charge in [0.1, 0.15) is 5.82 Å². The van der Waals surface area contributed by atoms with Crippen molar-refractivity contribution in [3.05, 3.63) is 89.2 Å². The van der Waals surface area contributed by atoms with Gasteiger partial charge in [-0.3, -0.25) is 9.59 Å². The maximum absolute atomic E-state index is 13.6. The summed E-state index contributed by atoms with van der Waals surface area (Å²) in [6, 6.07) is 18.3. The second kappa shape index (κ2) is 13.1. The molecule has 0 unspecified atom stereocenters. The van der Waals surface area contributed by atoms with E-state index in [0.29, 0.717) is 50.5 Å². The summed E-state index contributed by atoms with van der Waals surface area (Å²) in [4.78, 5) is 44.9. The van der Waals surface area contributed by atoms with Crippen LogP contribution >= 0.6 is 0 Å². The van der Waals surface area contributed by atoms with Crippen molar-refractivity contribution in [2.24, 2.45) is 0 Å². The Morgan fingerprint density at radius 3 is 2.27 bits per heavy atom. The van der Waals surface area contributed by atoms with Crippen LogP contribution in [0.1, 0.15) is 46.5 Å². The standard InChI is InChI=1S/C31H36FN5O3/c1-4-35(5-2)30(39)27-21-26(33-29(38)23-8-6-9-24(32)20-23)14-15-28(27)36-16-7-17-37(19-18-36)31(40)34-25-12-10-22(3)11-13-25/h6,8-15,20-21H,4-5,7,16-19H2,1-3H3,(H,33,38)(H,34,40). The predicted octanol–water partition coefficient (Wildman–Crippen LogP) is 5.61. The van der Waals surface area contributed by atoms with E-state index in [2.05, 4.69) is 15.5 Å². The van der Waals surface area contributed by atoms with Gasteiger partial charge in [0.05, 0.1) is 5.56 Å². The second-order valence-electron chi connectivity index (χ2n) is 9.80. The van der Waals surface area contributed by atoms with Crippen molar-refractivity contribution in [1.82, 2.24) is 9.80 Å². The van der Waals surface area contributed by atoms with Crippen molar-refractivity contribution in [3.8, 4) is 0 Å². The van der Waals surface area contributed by atoms with Gasteiger partial charge in [-0.1, -0.05) is 23.8 Å². The number of carbonyl (C=O) groups is 3. The second-order valence-corrected chi connectivity index (χ2v) is 9.80. The lowest BCUT2D eigenvalue weighted by atomic mass is 10.1. The minimum atomic E-state index is -0.497. The number of carbonyl (C=O) groups excluding carboxylic acids is 3. The van der Waals surface area contributed by atoms with Gasteiger partial charge in [-0.05, 0) is 75.7 Å². The number of anilines is 3. The zero-order valence-electron chi connectivity index (χ0n) is 23.2. The lowest BCUT2D eigenvalue weighted by molar-refractivity contribution is 0.0773. The third-order valence-corrected chi connectivity index (χ3v) is 7.05. The molecule has 3 aromatic carbocycles. The van der Waals surface area contributed by atoms with E-state index in [1.165, 1.54) is 24.3 Å². The summed E-state index contributed by atoms with van der Waals surface area (Å²) in [5.41, 5.74) is 3.73. The van der Waals surface area contributed by atoms with Gasteiger partial charge in [0, 0.05) is 61.9 Å². The highest BCUT2D eigenvalue weighted by atomic mass is 19.1. The molecule has 1 heterocycles. The van der Waals surface area contributed by atoms with Crippen LogP contribution < -0.4 is 15.5 Å². The molecule has 8 nitrogen and oxygen atoms in total. The highest BCUT2D eigenvalue weighted by Gasteiger charge is 2.25. The Morgan fingerprint density at radius 1 is 0.850 bits per heavy atom. The Bertz CT molecular complexity index is 1360. The summed E-state index contributed by atoms with van der Waals surface area (Å²) in [7, 11) is 0. The quantitative estimate of drug-likeness (QED) is 0.404. The predicted molar refractivity (Wildman–Crippen MR) is 157 cm³/mol. The topological polar surface area (TPSA) is 85.0 Å². The highest BCUT2D eigenvalue weighted by molar-refractivity contribution is 6.06. The molecule has 1 fully saturated rings. The molecule has 210 valence electrons. The summed E-state index contributed by atoms with van der Waals surface area (Å²) >= 11 is 0. The van der Waals surface area contributed by atoms with Crippen molar-refractivity contribution >= 4 is 34.9 Å². The third-order valence-electron chi connectivity index (χ3n) is 7.05. The minimum Gasteiger partial charge on any atom is -0.369 e. The molecule has 4 rings (SSSR count). The van der Waals surface area contributed by atoms with Gasteiger partial charge >= 0.3 is 6.03 Å². The number of halogens is 1. The summed E-state index contributed by atoms with van der Waals surface area (Å²) in [6.07, 6.45) is 0.734. The first kappa shape index (κ1) is 28.6. The summed E-state index contributed by atoms with van der Waals surface area (Å²) < 4.78 is 13.6. The van der Waals surface area contributed by atoms with Crippen molar-refractivity contribution in [2.75, 3.05) is 54.8 Å². The lowest BCUT2D eigenvalue weighted by Crippen LogP contribution is -2.38. The average molecular weight is 546 g/mol. The molecule has 0 aliphatic carbocycles. The average Bonchev–Trinajstić information content (AvgIpc) is 3.21. The molecule has 0 spiro atoms. The van der Waals surface area contributed by atoms with Crippen LogP contribution in [0.3, 0.4) is 0 Å². The Hall–Kier alpha value is -4.40. The largest absolute Gasteiger partial charge is 0.369 e. The zero-order valence-corrected chi connectivity index (χ0v) is 23.2. The van der Waals surface area contributed by atoms with Crippen LogP contribution in [0.15, 0.2) is 66.7 Å². The van der Waals surface area contributed by atoms with E-state index in [1.54, 1.807) is 21.9 Å². The van der Waals surface area contributed by atoms with E-state index in [0.717, 1.165) is 23.4 Å². The molecule has 40 heavy (non-hydrogen) atoms. The molecule has 0 saturated carbocycles. The monoisotopic (exact) mass is 545 g/mol. The molecule has 0 radical (unpaired) electrons. The van der Waals surface area contributed by atoms with Crippen LogP contribution in [0.25, 0.3) is 0 Å². The van der Waals surface area contributed by atoms with Crippen LogP contribution in [-0.4, -0.2) is 66.9 Å². The first-order valence-electron chi connectivity index (χ1n) is 13.7. The van der Waals surface area contributed by atoms with Crippen molar-refractivity contribution in [2.45, 2.75) is 27.2 Å². The number of hydrogen-bond donors (Lipinski definition) is 2. The fourth-order valence-corrected chi connectivity index (χ4v) is 4.78. The van der Waals surface area contributed by atoms with Crippen molar-refractivity contribution < 1.29 is 18.8 Å². The van der Waals surface area contributed by atoms with Crippen molar-refractivity contribution in [3.63, 3.8) is 0 Å². The Labute approximate surface area is 234 Å². The van der Waals surface area contributed by atoms with E-state index in [-0.39, 0.29) is 17.5 Å². The Morgan fingerprint density at radius 2 is 1.57 bits per heavy atom. The molecule has 1 aliphatic rings. The number of rotatable bonds is 7. The van der Waals surface area contributed by atoms with Gasteiger partial charge in [-0.25, -0.2) is 9.18 Å². The van der Waals surface area contributed by atoms with Gasteiger partial charge in [0.2, 0.25) is 0 Å². The molecule has 0 bridgehead atoms. The number of urea groups is 1. The fourth-order valence-electron chi connectivity index (χ4n) is 4.78. The van der Waals surface area contributed by atoms with Crippen LogP contribution in [0.4, 0.5) is 26.2 Å². The van der Waals surface area contributed by atoms with Crippen LogP contribution in [0, 0.1) is 12.7 Å². The summed E-state index contributed by atoms with van der Waals surface area (Å²) in [6.45, 7) is 9.24. The van der Waals surface area contributed by atoms with Crippen LogP contribution in [0.2, 0.25) is 0 Å². The smallest absolute Gasteiger partial charge is 0.321 e. The van der Waals surface area contributed by atoms with Crippen molar-refractivity contribution in [1.29, 1.82) is 0 Å². The number of hydrogen-bond acceptors (Lipinski definition) is 4. The number of nitrogens with zero attached hydrogens (tertiary/aromatic N) is 3. The molecule has 9 heteroatoms. The maximum Gasteiger partial charge on any atom is 0.321 e. The first-order valence-corrected chi connectivity index (χ1v) is 13.7. The van der Waals surface area contributed by atoms with Gasteiger partial charge in [0.15, 0.2) is 0 Å². The lowest BCUT2D eigenvalue weighted by Gasteiger charge is -2.28. The van der Waals surface area contributed by atoms with Gasteiger partial charge < -0.3 is 25.3 Å². The Balaban J connectivity index is 1.53. The van der Waals surface area contributed by atoms with Gasteiger partial charge in [0.25, 0.3) is 11.8 Å². The number of nitrogens with one attached hydrogen (secondary N) is 2. The molecule has 2 N–H and O–H groups in total. The minimum absolute atomic E-state index is 0.139. The van der Waals surface area contributed by atoms with E-state index < -0.39 is 11.7 Å². The third kappa shape index (κ3) is 6.97. The molecular weight excluding hydrogens is 509 g/mol. The number of benzene rings is 3. The molecule has 1 saturated heterocycles. The summed E-state index contributed by atoms with van der Waals surface area (Å²) in [5.74, 6) is -1.10. The highest BCUT2D eigenvalue weighted by Crippen LogP contribution is 2.28. The SMILES string of the molecule is CCN(CC)C(=O)c1cc(NC(=O)c2cccc(F)c2)ccc1N1CCCN(C(=O)Nc2ccc(C)cc2)CC1. The fraction of sp³-hybridized carbons (Fsp3) is 0.323. The van der Waals surface area contributed by atoms with E-state index >= 15 is 0 Å². The summed E-state index contributed by atoms with van der Waals surface area (Å²) in [5, 5.41) is 5.76. The molecule has 0 aromatic heterocycles. The molecule has 0 atom stereocenters. The van der Waals surface area contributed by atoms with E-state index in [4.69, 9.17) is 0 Å². The van der Waals surface area contributed by atoms with E-state index in [9.17, 15) is 18.8 Å². The van der Waals surface area contributed by atoms with Gasteiger partial charge in [-0.2, -0.15) is 0 Å². The zero-order chi connectivity index (χ0) is 28.6. The van der Waals surface area contributed by atoms with Gasteiger partial charge in [-0.15, -0.1) is 0 Å². The number of aryl methyl sites for hydroxylation is 1. The molecule has 4 amide bonds. The Kier molecular flexibility index (Phi) is 9.37.